The van der Waals surface area contributed by atoms with Crippen molar-refractivity contribution in [3.8, 4) is 11.3 Å². The Kier molecular flexibility index (Phi) is 6.72. The molecule has 2 fully saturated rings. The molecule has 3 aliphatic heterocycles. The Bertz CT molecular complexity index is 1420. The van der Waals surface area contributed by atoms with Gasteiger partial charge < -0.3 is 4.90 Å². The van der Waals surface area contributed by atoms with Gasteiger partial charge in [-0.25, -0.2) is 0 Å². The highest BCUT2D eigenvalue weighted by atomic mass is 35.5. The highest BCUT2D eigenvalue weighted by Crippen LogP contribution is 2.32. The fraction of sp³-hybridized carbons (Fsp3) is 0.333. The number of rotatable bonds is 5. The lowest BCUT2D eigenvalue weighted by Gasteiger charge is -2.32. The van der Waals surface area contributed by atoms with Gasteiger partial charge in [0, 0.05) is 41.9 Å². The van der Waals surface area contributed by atoms with Crippen molar-refractivity contribution in [1.29, 1.82) is 0 Å². The number of benzene rings is 2. The molecule has 0 radical (unpaired) electrons. The van der Waals surface area contributed by atoms with Crippen LogP contribution in [0.1, 0.15) is 58.6 Å². The molecule has 0 aliphatic carbocycles. The number of aromatic nitrogens is 1. The third-order valence-corrected chi connectivity index (χ3v) is 8.19. The van der Waals surface area contributed by atoms with E-state index in [0.29, 0.717) is 24.4 Å². The number of hydrogen-bond acceptors (Lipinski definition) is 5. The number of halogens is 1. The third-order valence-electron chi connectivity index (χ3n) is 7.96. The van der Waals surface area contributed by atoms with E-state index in [9.17, 15) is 14.4 Å². The zero-order chi connectivity index (χ0) is 26.2. The molecule has 2 saturated heterocycles. The molecule has 3 aliphatic rings. The molecule has 1 atom stereocenters. The van der Waals surface area contributed by atoms with Crippen LogP contribution in [0.15, 0.2) is 60.8 Å². The first kappa shape index (κ1) is 24.8. The van der Waals surface area contributed by atoms with E-state index in [1.165, 1.54) is 11.1 Å². The van der Waals surface area contributed by atoms with E-state index >= 15 is 0 Å². The van der Waals surface area contributed by atoms with Crippen LogP contribution in [0.4, 0.5) is 0 Å². The number of carbonyl (C=O) groups is 3. The second-order valence-electron chi connectivity index (χ2n) is 10.4. The standard InChI is InChI=1S/C30H29ClN4O3/c31-24-3-1-2-21(16-24)20-9-12-34(13-10-20)17-19-8-11-32-26(14-19)22-4-5-25-23(15-22)18-35(30(25)38)27-6-7-28(36)33-29(27)37/h1-5,8,11,14-16,20,27H,6-7,9-10,12-13,17-18H2,(H,33,36,37). The van der Waals surface area contributed by atoms with Crippen molar-refractivity contribution in [3.63, 3.8) is 0 Å². The second kappa shape index (κ2) is 10.3. The van der Waals surface area contributed by atoms with E-state index < -0.39 is 11.9 Å². The number of likely N-dealkylation sites (tertiary alicyclic amines) is 1. The molecule has 3 aromatic rings. The van der Waals surface area contributed by atoms with Crippen LogP contribution in [0.3, 0.4) is 0 Å². The van der Waals surface area contributed by atoms with Gasteiger partial charge in [-0.05, 0) is 91.4 Å². The fourth-order valence-electron chi connectivity index (χ4n) is 5.91. The number of hydrogen-bond donors (Lipinski definition) is 1. The lowest BCUT2D eigenvalue weighted by Crippen LogP contribution is -2.52. The predicted octanol–water partition coefficient (Wildman–Crippen LogP) is 4.54. The summed E-state index contributed by atoms with van der Waals surface area (Å²) in [6, 6.07) is 17.6. The molecule has 0 bridgehead atoms. The molecule has 8 heteroatoms. The van der Waals surface area contributed by atoms with Crippen molar-refractivity contribution in [1.82, 2.24) is 20.1 Å². The average Bonchev–Trinajstić information content (AvgIpc) is 3.24. The Labute approximate surface area is 226 Å². The maximum Gasteiger partial charge on any atom is 0.255 e. The molecule has 7 nitrogen and oxygen atoms in total. The van der Waals surface area contributed by atoms with Crippen molar-refractivity contribution in [2.75, 3.05) is 13.1 Å². The van der Waals surface area contributed by atoms with Crippen LogP contribution >= 0.6 is 11.6 Å². The minimum atomic E-state index is -0.611. The predicted molar refractivity (Wildman–Crippen MR) is 144 cm³/mol. The molecular weight excluding hydrogens is 500 g/mol. The summed E-state index contributed by atoms with van der Waals surface area (Å²) in [7, 11) is 0. The largest absolute Gasteiger partial charge is 0.322 e. The Morgan fingerprint density at radius 1 is 0.974 bits per heavy atom. The molecule has 6 rings (SSSR count). The van der Waals surface area contributed by atoms with E-state index in [1.54, 1.807) is 4.90 Å². The number of piperidine rings is 2. The SMILES string of the molecule is O=C1CCC(N2Cc3cc(-c4cc(CN5CCC(c6cccc(Cl)c6)CC5)ccn4)ccc3C2=O)C(=O)N1. The van der Waals surface area contributed by atoms with Gasteiger partial charge in [0.15, 0.2) is 0 Å². The molecule has 4 heterocycles. The third kappa shape index (κ3) is 4.96. The highest BCUT2D eigenvalue weighted by Gasteiger charge is 2.39. The van der Waals surface area contributed by atoms with Gasteiger partial charge in [-0.15, -0.1) is 0 Å². The maximum absolute atomic E-state index is 13.0. The maximum atomic E-state index is 13.0. The summed E-state index contributed by atoms with van der Waals surface area (Å²) in [6.07, 6.45) is 4.67. The van der Waals surface area contributed by atoms with Crippen molar-refractivity contribution < 1.29 is 14.4 Å². The van der Waals surface area contributed by atoms with Gasteiger partial charge in [0.25, 0.3) is 5.91 Å². The Morgan fingerprint density at radius 2 is 1.82 bits per heavy atom. The van der Waals surface area contributed by atoms with Crippen molar-refractivity contribution in [2.45, 2.75) is 50.7 Å². The molecule has 194 valence electrons. The van der Waals surface area contributed by atoms with E-state index in [1.807, 2.05) is 36.5 Å². The molecule has 38 heavy (non-hydrogen) atoms. The number of fused-ring (bicyclic) bond motifs is 1. The minimum Gasteiger partial charge on any atom is -0.322 e. The molecule has 3 amide bonds. The fourth-order valence-corrected chi connectivity index (χ4v) is 6.11. The Hall–Kier alpha value is -3.55. The first-order chi connectivity index (χ1) is 18.4. The molecule has 1 aromatic heterocycles. The lowest BCUT2D eigenvalue weighted by atomic mass is 9.89. The van der Waals surface area contributed by atoms with E-state index in [2.05, 4.69) is 39.5 Å². The number of pyridine rings is 1. The van der Waals surface area contributed by atoms with Gasteiger partial charge in [-0.1, -0.05) is 29.8 Å². The summed E-state index contributed by atoms with van der Waals surface area (Å²) >= 11 is 6.19. The van der Waals surface area contributed by atoms with Crippen molar-refractivity contribution in [3.05, 3.63) is 88.1 Å². The van der Waals surface area contributed by atoms with Gasteiger partial charge in [-0.3, -0.25) is 29.6 Å². The van der Waals surface area contributed by atoms with Crippen LogP contribution in [0, 0.1) is 0 Å². The summed E-state index contributed by atoms with van der Waals surface area (Å²) < 4.78 is 0. The van der Waals surface area contributed by atoms with Gasteiger partial charge in [0.05, 0.1) is 5.69 Å². The monoisotopic (exact) mass is 528 g/mol. The van der Waals surface area contributed by atoms with Crippen LogP contribution in [-0.4, -0.2) is 51.6 Å². The molecule has 0 spiro atoms. The number of nitrogens with one attached hydrogen (secondary N) is 1. The molecular formula is C30H29ClN4O3. The lowest BCUT2D eigenvalue weighted by molar-refractivity contribution is -0.136. The van der Waals surface area contributed by atoms with Crippen LogP contribution in [0.25, 0.3) is 11.3 Å². The average molecular weight is 529 g/mol. The summed E-state index contributed by atoms with van der Waals surface area (Å²) in [6.45, 7) is 3.29. The van der Waals surface area contributed by atoms with Crippen molar-refractivity contribution >= 4 is 29.3 Å². The number of amides is 3. The second-order valence-corrected chi connectivity index (χ2v) is 10.9. The van der Waals surface area contributed by atoms with E-state index in [0.717, 1.165) is 54.3 Å². The summed E-state index contributed by atoms with van der Waals surface area (Å²) in [5.41, 5.74) is 5.84. The topological polar surface area (TPSA) is 82.6 Å². The van der Waals surface area contributed by atoms with Gasteiger partial charge in [-0.2, -0.15) is 0 Å². The zero-order valence-corrected chi connectivity index (χ0v) is 21.8. The molecule has 2 aromatic carbocycles. The highest BCUT2D eigenvalue weighted by molar-refractivity contribution is 6.30. The summed E-state index contributed by atoms with van der Waals surface area (Å²) in [4.78, 5) is 45.5. The van der Waals surface area contributed by atoms with Crippen LogP contribution in [0.5, 0.6) is 0 Å². The normalized spacial score (nSPS) is 20.5. The van der Waals surface area contributed by atoms with E-state index in [-0.39, 0.29) is 18.2 Å². The number of carbonyl (C=O) groups excluding carboxylic acids is 3. The van der Waals surface area contributed by atoms with Gasteiger partial charge in [0.2, 0.25) is 11.8 Å². The Balaban J connectivity index is 1.12. The van der Waals surface area contributed by atoms with Crippen LogP contribution in [0.2, 0.25) is 5.02 Å². The molecule has 1 N–H and O–H groups in total. The summed E-state index contributed by atoms with van der Waals surface area (Å²) in [5, 5.41) is 3.15. The zero-order valence-electron chi connectivity index (χ0n) is 21.0. The molecule has 0 saturated carbocycles. The minimum absolute atomic E-state index is 0.163. The summed E-state index contributed by atoms with van der Waals surface area (Å²) in [5.74, 6) is -0.293. The molecule has 1 unspecified atom stereocenters. The van der Waals surface area contributed by atoms with Crippen molar-refractivity contribution in [2.24, 2.45) is 0 Å². The Morgan fingerprint density at radius 3 is 2.61 bits per heavy atom. The van der Waals surface area contributed by atoms with E-state index in [4.69, 9.17) is 11.6 Å². The van der Waals surface area contributed by atoms with Gasteiger partial charge >= 0.3 is 0 Å². The number of nitrogens with zero attached hydrogens (tertiary/aromatic N) is 3. The first-order valence-electron chi connectivity index (χ1n) is 13.2. The van der Waals surface area contributed by atoms with Crippen LogP contribution in [-0.2, 0) is 22.7 Å². The quantitative estimate of drug-likeness (QED) is 0.492. The van der Waals surface area contributed by atoms with Crippen LogP contribution < -0.4 is 5.32 Å². The first-order valence-corrected chi connectivity index (χ1v) is 13.5. The van der Waals surface area contributed by atoms with Gasteiger partial charge in [0.1, 0.15) is 6.04 Å². The number of imide groups is 1. The smallest absolute Gasteiger partial charge is 0.255 e.